The van der Waals surface area contributed by atoms with Gasteiger partial charge in [0.15, 0.2) is 0 Å². The Labute approximate surface area is 50.7 Å². The maximum absolute atomic E-state index is 4.83. The summed E-state index contributed by atoms with van der Waals surface area (Å²) in [5.74, 6) is 2.00. The minimum absolute atomic E-state index is 0.977. The van der Waals surface area contributed by atoms with E-state index in [9.17, 15) is 0 Å². The van der Waals surface area contributed by atoms with Crippen molar-refractivity contribution in [1.29, 1.82) is 0 Å². The number of hydrogen-bond donors (Lipinski definition) is 0. The van der Waals surface area contributed by atoms with Crippen LogP contribution in [0.15, 0.2) is 0 Å². The molecule has 1 aliphatic carbocycles. The Bertz CT molecular complexity index is 48.1. The summed E-state index contributed by atoms with van der Waals surface area (Å²) in [4.78, 5) is 0. The lowest BCUT2D eigenvalue weighted by atomic mass is 9.84. The van der Waals surface area contributed by atoms with Crippen molar-refractivity contribution in [2.24, 2.45) is 5.92 Å². The summed E-state index contributed by atoms with van der Waals surface area (Å²) in [5.41, 5.74) is 0. The molecule has 7 heavy (non-hydrogen) atoms. The molecule has 0 saturated heterocycles. The maximum Gasteiger partial charge on any atom is 0.00395 e. The first-order valence-corrected chi connectivity index (χ1v) is 3.59. The lowest BCUT2D eigenvalue weighted by Gasteiger charge is -2.23. The lowest BCUT2D eigenvalue weighted by molar-refractivity contribution is 0.309. The molecule has 1 saturated carbocycles. The fraction of sp³-hybridized carbons (Fsp3) is 1.00. The molecule has 0 N–H and O–H groups in total. The smallest absolute Gasteiger partial charge is 0.00395 e. The highest BCUT2D eigenvalue weighted by Gasteiger charge is 2.15. The van der Waals surface area contributed by atoms with Gasteiger partial charge in [-0.2, -0.15) is 0 Å². The molecule has 0 unspecified atom stereocenters. The first kappa shape index (κ1) is 5.49. The third kappa shape index (κ3) is 1.37. The van der Waals surface area contributed by atoms with Crippen molar-refractivity contribution in [1.82, 2.24) is 0 Å². The van der Waals surface area contributed by atoms with Gasteiger partial charge in [0, 0.05) is 5.75 Å². The van der Waals surface area contributed by atoms with Crippen molar-refractivity contribution in [3.8, 4) is 0 Å². The van der Waals surface area contributed by atoms with E-state index in [1.807, 2.05) is 0 Å². The van der Waals surface area contributed by atoms with E-state index in [4.69, 9.17) is 12.6 Å². The van der Waals surface area contributed by atoms with Gasteiger partial charge in [-0.1, -0.05) is 31.9 Å². The Kier molecular flexibility index (Phi) is 2.04. The molecule has 0 atom stereocenters. The minimum Gasteiger partial charge on any atom is -0.0941 e. The van der Waals surface area contributed by atoms with Crippen LogP contribution in [-0.4, -0.2) is 5.75 Å². The van der Waals surface area contributed by atoms with E-state index < -0.39 is 0 Å². The van der Waals surface area contributed by atoms with Crippen LogP contribution in [0.1, 0.15) is 25.7 Å². The van der Waals surface area contributed by atoms with E-state index in [1.165, 1.54) is 25.7 Å². The van der Waals surface area contributed by atoms with Crippen LogP contribution in [0.4, 0.5) is 0 Å². The zero-order valence-corrected chi connectivity index (χ0v) is 5.34. The van der Waals surface area contributed by atoms with Gasteiger partial charge in [-0.15, -0.1) is 0 Å². The van der Waals surface area contributed by atoms with Crippen molar-refractivity contribution in [2.45, 2.75) is 25.7 Å². The second-order valence-electron chi connectivity index (χ2n) is 2.29. The third-order valence-corrected chi connectivity index (χ3v) is 1.99. The molecule has 0 aromatic heterocycles. The first-order chi connectivity index (χ1) is 3.43. The standard InChI is InChI=1S/C6H11S/c7-5-4-6-2-1-3-6/h6H,1-5H2. The van der Waals surface area contributed by atoms with Crippen LogP contribution in [0.3, 0.4) is 0 Å². The summed E-state index contributed by atoms with van der Waals surface area (Å²) in [6.07, 6.45) is 5.67. The molecule has 1 radical (unpaired) electrons. The highest BCUT2D eigenvalue weighted by Crippen LogP contribution is 2.29. The molecule has 1 aliphatic rings. The Morgan fingerprint density at radius 3 is 2.29 bits per heavy atom. The normalized spacial score (nSPS) is 21.9. The molecule has 0 nitrogen and oxygen atoms in total. The Balaban J connectivity index is 1.93. The molecular weight excluding hydrogens is 104 g/mol. The number of rotatable bonds is 2. The first-order valence-electron chi connectivity index (χ1n) is 3.01. The molecule has 0 spiro atoms. The van der Waals surface area contributed by atoms with Crippen LogP contribution in [-0.2, 0) is 0 Å². The van der Waals surface area contributed by atoms with Crippen LogP contribution < -0.4 is 0 Å². The van der Waals surface area contributed by atoms with Crippen molar-refractivity contribution in [2.75, 3.05) is 5.75 Å². The second-order valence-corrected chi connectivity index (χ2v) is 2.70. The van der Waals surface area contributed by atoms with Gasteiger partial charge in [0.05, 0.1) is 0 Å². The molecule has 1 rings (SSSR count). The predicted octanol–water partition coefficient (Wildman–Crippen LogP) is 2.37. The van der Waals surface area contributed by atoms with Crippen LogP contribution in [0.5, 0.6) is 0 Å². The monoisotopic (exact) mass is 115 g/mol. The summed E-state index contributed by atoms with van der Waals surface area (Å²) in [6.45, 7) is 0. The molecule has 0 aromatic carbocycles. The molecule has 0 amide bonds. The summed E-state index contributed by atoms with van der Waals surface area (Å²) in [5, 5.41) is 0. The molecule has 0 aliphatic heterocycles. The van der Waals surface area contributed by atoms with E-state index in [0.29, 0.717) is 0 Å². The maximum atomic E-state index is 4.83. The summed E-state index contributed by atoms with van der Waals surface area (Å²) >= 11 is 4.83. The zero-order valence-electron chi connectivity index (χ0n) is 4.52. The molecular formula is C6H11S. The highest BCUT2D eigenvalue weighted by molar-refractivity contribution is 7.80. The van der Waals surface area contributed by atoms with E-state index in [0.717, 1.165) is 11.7 Å². The van der Waals surface area contributed by atoms with Crippen LogP contribution >= 0.6 is 12.6 Å². The Morgan fingerprint density at radius 2 is 2.14 bits per heavy atom. The molecule has 1 fully saturated rings. The second kappa shape index (κ2) is 2.61. The fourth-order valence-electron chi connectivity index (χ4n) is 0.948. The highest BCUT2D eigenvalue weighted by atomic mass is 32.1. The quantitative estimate of drug-likeness (QED) is 0.518. The minimum atomic E-state index is 0.977. The van der Waals surface area contributed by atoms with Gasteiger partial charge in [0.25, 0.3) is 0 Å². The Morgan fingerprint density at radius 1 is 1.43 bits per heavy atom. The van der Waals surface area contributed by atoms with Gasteiger partial charge < -0.3 is 0 Å². The van der Waals surface area contributed by atoms with Gasteiger partial charge in [0.2, 0.25) is 0 Å². The van der Waals surface area contributed by atoms with Crippen LogP contribution in [0.25, 0.3) is 0 Å². The van der Waals surface area contributed by atoms with E-state index in [1.54, 1.807) is 0 Å². The van der Waals surface area contributed by atoms with Crippen molar-refractivity contribution < 1.29 is 0 Å². The Hall–Kier alpha value is 0.350. The average Bonchev–Trinajstić information content (AvgIpc) is 1.55. The van der Waals surface area contributed by atoms with E-state index in [2.05, 4.69) is 0 Å². The zero-order chi connectivity index (χ0) is 5.11. The number of hydrogen-bond acceptors (Lipinski definition) is 0. The predicted molar refractivity (Wildman–Crippen MR) is 34.4 cm³/mol. The van der Waals surface area contributed by atoms with Crippen LogP contribution in [0, 0.1) is 5.92 Å². The topological polar surface area (TPSA) is 0 Å². The van der Waals surface area contributed by atoms with Crippen LogP contribution in [0.2, 0.25) is 0 Å². The van der Waals surface area contributed by atoms with Crippen molar-refractivity contribution in [3.05, 3.63) is 0 Å². The average molecular weight is 115 g/mol. The summed E-state index contributed by atoms with van der Waals surface area (Å²) in [6, 6.07) is 0. The lowest BCUT2D eigenvalue weighted by Crippen LogP contribution is -2.10. The largest absolute Gasteiger partial charge is 0.0941 e. The SMILES string of the molecule is [S]CCC1CCC1. The molecule has 0 bridgehead atoms. The van der Waals surface area contributed by atoms with Crippen molar-refractivity contribution in [3.63, 3.8) is 0 Å². The molecule has 0 aromatic rings. The summed E-state index contributed by atoms with van der Waals surface area (Å²) in [7, 11) is 0. The van der Waals surface area contributed by atoms with Gasteiger partial charge >= 0.3 is 0 Å². The van der Waals surface area contributed by atoms with Gasteiger partial charge in [-0.3, -0.25) is 0 Å². The fourth-order valence-corrected chi connectivity index (χ4v) is 1.28. The molecule has 41 valence electrons. The van der Waals surface area contributed by atoms with E-state index in [-0.39, 0.29) is 0 Å². The van der Waals surface area contributed by atoms with Crippen molar-refractivity contribution >= 4 is 12.6 Å². The van der Waals surface area contributed by atoms with Gasteiger partial charge in [-0.05, 0) is 12.3 Å². The molecule has 1 heteroatoms. The third-order valence-electron chi connectivity index (χ3n) is 1.75. The van der Waals surface area contributed by atoms with E-state index >= 15 is 0 Å². The van der Waals surface area contributed by atoms with Gasteiger partial charge in [0.1, 0.15) is 0 Å². The summed E-state index contributed by atoms with van der Waals surface area (Å²) < 4.78 is 0. The molecule has 0 heterocycles. The van der Waals surface area contributed by atoms with Gasteiger partial charge in [-0.25, -0.2) is 0 Å².